The molecule has 0 aliphatic carbocycles. The van der Waals surface area contributed by atoms with Crippen molar-refractivity contribution in [2.45, 2.75) is 12.8 Å². The van der Waals surface area contributed by atoms with Gasteiger partial charge in [0.25, 0.3) is 5.95 Å². The summed E-state index contributed by atoms with van der Waals surface area (Å²) in [5, 5.41) is 13.5. The van der Waals surface area contributed by atoms with Crippen LogP contribution in [0.2, 0.25) is 0 Å². The summed E-state index contributed by atoms with van der Waals surface area (Å²) in [6.07, 6.45) is 1.04. The van der Waals surface area contributed by atoms with Crippen LogP contribution >= 0.6 is 0 Å². The monoisotopic (exact) mass is 184 g/mol. The molecule has 0 bridgehead atoms. The molecule has 1 heterocycles. The van der Waals surface area contributed by atoms with Crippen molar-refractivity contribution in [2.24, 2.45) is 12.8 Å². The number of rotatable bonds is 4. The Bertz CT molecular complexity index is 282. The molecule has 72 valence electrons. The molecule has 0 saturated carbocycles. The number of nitrogens with zero attached hydrogens (tertiary/aromatic N) is 4. The number of anilines is 1. The Hall–Kier alpha value is -1.50. The zero-order valence-corrected chi connectivity index (χ0v) is 7.40. The van der Waals surface area contributed by atoms with Gasteiger partial charge in [-0.25, -0.2) is 0 Å². The zero-order valence-electron chi connectivity index (χ0n) is 7.40. The van der Waals surface area contributed by atoms with Gasteiger partial charge in [-0.1, -0.05) is 5.10 Å². The van der Waals surface area contributed by atoms with Crippen molar-refractivity contribution in [3.63, 3.8) is 0 Å². The van der Waals surface area contributed by atoms with Crippen molar-refractivity contribution in [3.8, 4) is 0 Å². The maximum absolute atomic E-state index is 11.1. The molecule has 7 nitrogen and oxygen atoms in total. The highest BCUT2D eigenvalue weighted by molar-refractivity contribution is 5.88. The van der Waals surface area contributed by atoms with Gasteiger partial charge in [0, 0.05) is 6.42 Å². The number of carbonyl (C=O) groups is 1. The fourth-order valence-corrected chi connectivity index (χ4v) is 0.784. The Morgan fingerprint density at radius 3 is 3.00 bits per heavy atom. The van der Waals surface area contributed by atoms with Crippen LogP contribution < -0.4 is 11.1 Å². The summed E-state index contributed by atoms with van der Waals surface area (Å²) in [6, 6.07) is 0. The molecule has 13 heavy (non-hydrogen) atoms. The Kier molecular flexibility index (Phi) is 3.32. The third kappa shape index (κ3) is 3.16. The van der Waals surface area contributed by atoms with Gasteiger partial charge in [-0.15, -0.1) is 5.10 Å². The molecule has 7 heteroatoms. The van der Waals surface area contributed by atoms with E-state index < -0.39 is 0 Å². The molecule has 0 atom stereocenters. The Morgan fingerprint density at radius 2 is 2.46 bits per heavy atom. The van der Waals surface area contributed by atoms with Crippen LogP contribution in [0.5, 0.6) is 0 Å². The number of aryl methyl sites for hydroxylation is 1. The van der Waals surface area contributed by atoms with E-state index in [4.69, 9.17) is 5.73 Å². The SMILES string of the molecule is Cn1nnc(NC(=O)CCCN)n1. The summed E-state index contributed by atoms with van der Waals surface area (Å²) in [7, 11) is 1.63. The number of amides is 1. The van der Waals surface area contributed by atoms with Gasteiger partial charge in [-0.3, -0.25) is 10.1 Å². The van der Waals surface area contributed by atoms with E-state index in [1.165, 1.54) is 4.80 Å². The highest BCUT2D eigenvalue weighted by Gasteiger charge is 2.04. The number of hydrogen-bond donors (Lipinski definition) is 2. The third-order valence-corrected chi connectivity index (χ3v) is 1.37. The summed E-state index contributed by atoms with van der Waals surface area (Å²) in [6.45, 7) is 0.501. The molecule has 0 fully saturated rings. The van der Waals surface area contributed by atoms with Crippen LogP contribution in [-0.4, -0.2) is 32.7 Å². The maximum atomic E-state index is 11.1. The predicted octanol–water partition coefficient (Wildman–Crippen LogP) is -1.11. The van der Waals surface area contributed by atoms with E-state index in [0.29, 0.717) is 19.4 Å². The van der Waals surface area contributed by atoms with Crippen LogP contribution in [0.15, 0.2) is 0 Å². The van der Waals surface area contributed by atoms with Gasteiger partial charge in [0.1, 0.15) is 0 Å². The molecule has 0 spiro atoms. The summed E-state index contributed by atoms with van der Waals surface area (Å²) < 4.78 is 0. The predicted molar refractivity (Wildman–Crippen MR) is 45.7 cm³/mol. The summed E-state index contributed by atoms with van der Waals surface area (Å²) in [5.74, 6) is 0.0861. The van der Waals surface area contributed by atoms with Gasteiger partial charge >= 0.3 is 0 Å². The molecule has 0 unspecified atom stereocenters. The first kappa shape index (κ1) is 9.59. The minimum atomic E-state index is -0.140. The molecule has 1 aromatic heterocycles. The Morgan fingerprint density at radius 1 is 1.69 bits per heavy atom. The van der Waals surface area contributed by atoms with Crippen molar-refractivity contribution in [3.05, 3.63) is 0 Å². The lowest BCUT2D eigenvalue weighted by atomic mass is 10.3. The fraction of sp³-hybridized carbons (Fsp3) is 0.667. The average Bonchev–Trinajstić information content (AvgIpc) is 2.48. The van der Waals surface area contributed by atoms with E-state index in [0.717, 1.165) is 0 Å². The van der Waals surface area contributed by atoms with E-state index in [9.17, 15) is 4.79 Å². The van der Waals surface area contributed by atoms with Crippen LogP contribution in [-0.2, 0) is 11.8 Å². The number of carbonyl (C=O) groups excluding carboxylic acids is 1. The number of tetrazole rings is 1. The summed E-state index contributed by atoms with van der Waals surface area (Å²) in [4.78, 5) is 12.4. The van der Waals surface area contributed by atoms with Crippen LogP contribution in [0, 0.1) is 0 Å². The van der Waals surface area contributed by atoms with Gasteiger partial charge < -0.3 is 5.73 Å². The zero-order chi connectivity index (χ0) is 9.68. The molecular weight excluding hydrogens is 172 g/mol. The minimum Gasteiger partial charge on any atom is -0.330 e. The lowest BCUT2D eigenvalue weighted by molar-refractivity contribution is -0.116. The van der Waals surface area contributed by atoms with E-state index in [-0.39, 0.29) is 11.9 Å². The van der Waals surface area contributed by atoms with Crippen molar-refractivity contribution in [2.75, 3.05) is 11.9 Å². The van der Waals surface area contributed by atoms with Crippen molar-refractivity contribution in [1.29, 1.82) is 0 Å². The van der Waals surface area contributed by atoms with Crippen LogP contribution in [0.3, 0.4) is 0 Å². The molecule has 0 aliphatic rings. The van der Waals surface area contributed by atoms with Crippen LogP contribution in [0.25, 0.3) is 0 Å². The van der Waals surface area contributed by atoms with E-state index in [1.54, 1.807) is 7.05 Å². The topological polar surface area (TPSA) is 98.7 Å². The third-order valence-electron chi connectivity index (χ3n) is 1.37. The lowest BCUT2D eigenvalue weighted by Gasteiger charge is -1.97. The molecule has 0 radical (unpaired) electrons. The number of hydrogen-bond acceptors (Lipinski definition) is 5. The minimum absolute atomic E-state index is 0.140. The molecular formula is C6H12N6O. The van der Waals surface area contributed by atoms with Gasteiger partial charge in [0.15, 0.2) is 0 Å². The Balaban J connectivity index is 2.36. The summed E-state index contributed by atoms with van der Waals surface area (Å²) >= 11 is 0. The van der Waals surface area contributed by atoms with Gasteiger partial charge in [-0.2, -0.15) is 4.80 Å². The highest BCUT2D eigenvalue weighted by atomic mass is 16.1. The number of aromatic nitrogens is 4. The highest BCUT2D eigenvalue weighted by Crippen LogP contribution is 1.95. The quantitative estimate of drug-likeness (QED) is 0.618. The number of nitrogens with one attached hydrogen (secondary N) is 1. The normalized spacial score (nSPS) is 10.0. The van der Waals surface area contributed by atoms with Crippen LogP contribution in [0.4, 0.5) is 5.95 Å². The van der Waals surface area contributed by atoms with Gasteiger partial charge in [0.2, 0.25) is 5.91 Å². The molecule has 1 amide bonds. The first-order chi connectivity index (χ1) is 6.22. The summed E-state index contributed by atoms with van der Waals surface area (Å²) in [5.41, 5.74) is 5.25. The van der Waals surface area contributed by atoms with Gasteiger partial charge in [0.05, 0.1) is 7.05 Å². The van der Waals surface area contributed by atoms with Gasteiger partial charge in [-0.05, 0) is 18.2 Å². The lowest BCUT2D eigenvalue weighted by Crippen LogP contribution is -2.14. The molecule has 0 saturated heterocycles. The van der Waals surface area contributed by atoms with Crippen LogP contribution in [0.1, 0.15) is 12.8 Å². The Labute approximate surface area is 75.3 Å². The van der Waals surface area contributed by atoms with Crippen molar-refractivity contribution >= 4 is 11.9 Å². The number of nitrogens with two attached hydrogens (primary N) is 1. The molecule has 0 aromatic carbocycles. The largest absolute Gasteiger partial charge is 0.330 e. The average molecular weight is 184 g/mol. The fourth-order valence-electron chi connectivity index (χ4n) is 0.784. The second-order valence-electron chi connectivity index (χ2n) is 2.54. The molecule has 0 aliphatic heterocycles. The second kappa shape index (κ2) is 4.51. The van der Waals surface area contributed by atoms with Crippen molar-refractivity contribution < 1.29 is 4.79 Å². The van der Waals surface area contributed by atoms with E-state index >= 15 is 0 Å². The second-order valence-corrected chi connectivity index (χ2v) is 2.54. The van der Waals surface area contributed by atoms with Crippen molar-refractivity contribution in [1.82, 2.24) is 20.2 Å². The molecule has 1 aromatic rings. The first-order valence-electron chi connectivity index (χ1n) is 3.96. The molecule has 1 rings (SSSR count). The van der Waals surface area contributed by atoms with E-state index in [1.807, 2.05) is 0 Å². The maximum Gasteiger partial charge on any atom is 0.270 e. The smallest absolute Gasteiger partial charge is 0.270 e. The molecule has 3 N–H and O–H groups in total. The van der Waals surface area contributed by atoms with E-state index in [2.05, 4.69) is 20.7 Å². The standard InChI is InChI=1S/C6H12N6O/c1-12-10-6(9-11-12)8-5(13)3-2-4-7/h2-4,7H2,1H3,(H,8,10,13). The first-order valence-corrected chi connectivity index (χ1v) is 3.96.